The van der Waals surface area contributed by atoms with Gasteiger partial charge in [0.25, 0.3) is 0 Å². The van der Waals surface area contributed by atoms with Crippen molar-refractivity contribution in [2.75, 3.05) is 49.5 Å². The third kappa shape index (κ3) is 4.30. The number of nitrogens with zero attached hydrogens (tertiary/aromatic N) is 2. The first-order valence-electron chi connectivity index (χ1n) is 11.9. The molecule has 166 valence electrons. The van der Waals surface area contributed by atoms with Crippen LogP contribution in [0.4, 0.5) is 16.2 Å². The smallest absolute Gasteiger partial charge is 0.319 e. The van der Waals surface area contributed by atoms with Crippen molar-refractivity contribution in [3.8, 4) is 0 Å². The standard InChI is InChI=1S/C24H38N4O2/c1-3-27-14-16-28(17-15-27)20-11-7-6-10-19(20)25-23(29)26-21-18-22(30-4-2)24(21)12-8-5-9-13-24/h6-7,10-11,21-22H,3-5,8-9,12-18H2,1-2H3,(H2,25,26,29). The summed E-state index contributed by atoms with van der Waals surface area (Å²) in [5.74, 6) is 0. The highest BCUT2D eigenvalue weighted by atomic mass is 16.5. The number of ether oxygens (including phenoxy) is 1. The number of anilines is 2. The Bertz CT molecular complexity index is 711. The number of para-hydroxylation sites is 2. The molecule has 4 rings (SSSR count). The highest BCUT2D eigenvalue weighted by Crippen LogP contribution is 2.53. The monoisotopic (exact) mass is 414 g/mol. The molecule has 3 aliphatic rings. The van der Waals surface area contributed by atoms with Gasteiger partial charge in [-0.15, -0.1) is 0 Å². The van der Waals surface area contributed by atoms with Crippen LogP contribution in [0.25, 0.3) is 0 Å². The van der Waals surface area contributed by atoms with Gasteiger partial charge in [-0.1, -0.05) is 38.3 Å². The van der Waals surface area contributed by atoms with Gasteiger partial charge in [-0.3, -0.25) is 0 Å². The number of benzene rings is 1. The van der Waals surface area contributed by atoms with Crippen molar-refractivity contribution in [2.45, 2.75) is 64.5 Å². The summed E-state index contributed by atoms with van der Waals surface area (Å²) >= 11 is 0. The number of amides is 2. The van der Waals surface area contributed by atoms with Crippen LogP contribution in [0, 0.1) is 5.41 Å². The van der Waals surface area contributed by atoms with Crippen LogP contribution in [0.15, 0.2) is 24.3 Å². The van der Waals surface area contributed by atoms with Crippen molar-refractivity contribution in [3.63, 3.8) is 0 Å². The number of nitrogens with one attached hydrogen (secondary N) is 2. The van der Waals surface area contributed by atoms with Gasteiger partial charge in [0.2, 0.25) is 0 Å². The minimum Gasteiger partial charge on any atom is -0.378 e. The molecule has 2 saturated carbocycles. The van der Waals surface area contributed by atoms with E-state index in [4.69, 9.17) is 4.74 Å². The lowest BCUT2D eigenvalue weighted by atomic mass is 9.55. The summed E-state index contributed by atoms with van der Waals surface area (Å²) in [6.07, 6.45) is 7.36. The molecular weight excluding hydrogens is 376 g/mol. The topological polar surface area (TPSA) is 56.8 Å². The summed E-state index contributed by atoms with van der Waals surface area (Å²) in [6, 6.07) is 8.32. The Morgan fingerprint density at radius 3 is 2.53 bits per heavy atom. The van der Waals surface area contributed by atoms with E-state index in [1.807, 2.05) is 12.1 Å². The predicted molar refractivity (Wildman–Crippen MR) is 122 cm³/mol. The van der Waals surface area contributed by atoms with E-state index < -0.39 is 0 Å². The van der Waals surface area contributed by atoms with E-state index in [0.29, 0.717) is 6.10 Å². The van der Waals surface area contributed by atoms with E-state index in [0.717, 1.165) is 57.1 Å². The fourth-order valence-electron chi connectivity index (χ4n) is 5.74. The van der Waals surface area contributed by atoms with Crippen LogP contribution < -0.4 is 15.5 Å². The van der Waals surface area contributed by atoms with Crippen LogP contribution in [-0.2, 0) is 4.74 Å². The molecule has 1 aromatic carbocycles. The molecule has 2 unspecified atom stereocenters. The largest absolute Gasteiger partial charge is 0.378 e. The van der Waals surface area contributed by atoms with Gasteiger partial charge >= 0.3 is 6.03 Å². The minimum absolute atomic E-state index is 0.0838. The lowest BCUT2D eigenvalue weighted by molar-refractivity contribution is -0.146. The first-order chi connectivity index (χ1) is 14.7. The highest BCUT2D eigenvalue weighted by molar-refractivity contribution is 5.93. The summed E-state index contributed by atoms with van der Waals surface area (Å²) in [6.45, 7) is 10.3. The summed E-state index contributed by atoms with van der Waals surface area (Å²) in [4.78, 5) is 17.8. The zero-order valence-corrected chi connectivity index (χ0v) is 18.7. The summed E-state index contributed by atoms with van der Waals surface area (Å²) in [5, 5.41) is 6.46. The molecule has 1 heterocycles. The van der Waals surface area contributed by atoms with Gasteiger partial charge in [-0.05, 0) is 44.9 Å². The zero-order chi connectivity index (χ0) is 21.0. The molecule has 0 bridgehead atoms. The molecule has 0 radical (unpaired) electrons. The summed E-state index contributed by atoms with van der Waals surface area (Å²) in [7, 11) is 0. The maximum atomic E-state index is 12.9. The van der Waals surface area contributed by atoms with E-state index in [1.165, 1.54) is 32.1 Å². The Kier molecular flexibility index (Phi) is 6.84. The summed E-state index contributed by atoms with van der Waals surface area (Å²) < 4.78 is 6.04. The number of carbonyl (C=O) groups excluding carboxylic acids is 1. The average molecular weight is 415 g/mol. The van der Waals surface area contributed by atoms with Crippen LogP contribution in [0.2, 0.25) is 0 Å². The van der Waals surface area contributed by atoms with E-state index in [2.05, 4.69) is 46.4 Å². The van der Waals surface area contributed by atoms with Crippen molar-refractivity contribution in [2.24, 2.45) is 5.41 Å². The molecular formula is C24H38N4O2. The quantitative estimate of drug-likeness (QED) is 0.737. The molecule has 3 fully saturated rings. The lowest BCUT2D eigenvalue weighted by Gasteiger charge is -2.57. The molecule has 1 aliphatic heterocycles. The van der Waals surface area contributed by atoms with Crippen molar-refractivity contribution in [1.82, 2.24) is 10.2 Å². The maximum absolute atomic E-state index is 12.9. The molecule has 1 saturated heterocycles. The molecule has 6 nitrogen and oxygen atoms in total. The van der Waals surface area contributed by atoms with Gasteiger partial charge in [0.15, 0.2) is 0 Å². The Labute approximate surface area is 181 Å². The molecule has 2 aliphatic carbocycles. The summed E-state index contributed by atoms with van der Waals surface area (Å²) in [5.41, 5.74) is 2.16. The number of hydrogen-bond acceptors (Lipinski definition) is 4. The fourth-order valence-corrected chi connectivity index (χ4v) is 5.74. The number of carbonyl (C=O) groups is 1. The highest BCUT2D eigenvalue weighted by Gasteiger charge is 2.56. The number of urea groups is 1. The number of piperazine rings is 1. The second kappa shape index (κ2) is 9.56. The van der Waals surface area contributed by atoms with Gasteiger partial charge in [0, 0.05) is 44.2 Å². The molecule has 2 N–H and O–H groups in total. The minimum atomic E-state index is -0.0838. The molecule has 30 heavy (non-hydrogen) atoms. The van der Waals surface area contributed by atoms with Crippen molar-refractivity contribution in [3.05, 3.63) is 24.3 Å². The van der Waals surface area contributed by atoms with Crippen LogP contribution in [0.5, 0.6) is 0 Å². The van der Waals surface area contributed by atoms with Crippen LogP contribution in [-0.4, -0.2) is 62.4 Å². The third-order valence-electron chi connectivity index (χ3n) is 7.56. The maximum Gasteiger partial charge on any atom is 0.319 e. The Balaban J connectivity index is 1.39. The van der Waals surface area contributed by atoms with E-state index in [-0.39, 0.29) is 17.5 Å². The first kappa shape index (κ1) is 21.4. The SMILES string of the molecule is CCOC1CC(NC(=O)Nc2ccccc2N2CCN(CC)CC2)C12CCCCC2. The van der Waals surface area contributed by atoms with Crippen LogP contribution >= 0.6 is 0 Å². The molecule has 2 amide bonds. The number of likely N-dealkylation sites (N-methyl/N-ethyl adjacent to an activating group) is 1. The first-order valence-corrected chi connectivity index (χ1v) is 11.9. The normalized spacial score (nSPS) is 26.3. The molecule has 1 spiro atoms. The molecule has 0 aromatic heterocycles. The molecule has 2 atom stereocenters. The van der Waals surface area contributed by atoms with Gasteiger partial charge < -0.3 is 25.2 Å². The second-order valence-corrected chi connectivity index (χ2v) is 9.06. The van der Waals surface area contributed by atoms with Crippen molar-refractivity contribution < 1.29 is 9.53 Å². The van der Waals surface area contributed by atoms with Gasteiger partial charge in [-0.25, -0.2) is 4.79 Å². The number of rotatable bonds is 6. The Morgan fingerprint density at radius 2 is 1.83 bits per heavy atom. The molecule has 1 aromatic rings. The van der Waals surface area contributed by atoms with Crippen LogP contribution in [0.1, 0.15) is 52.4 Å². The third-order valence-corrected chi connectivity index (χ3v) is 7.56. The van der Waals surface area contributed by atoms with Crippen LogP contribution in [0.3, 0.4) is 0 Å². The van der Waals surface area contributed by atoms with Gasteiger partial charge in [0.05, 0.1) is 17.5 Å². The van der Waals surface area contributed by atoms with Gasteiger partial charge in [0.1, 0.15) is 0 Å². The zero-order valence-electron chi connectivity index (χ0n) is 18.7. The number of hydrogen-bond donors (Lipinski definition) is 2. The van der Waals surface area contributed by atoms with Crippen molar-refractivity contribution >= 4 is 17.4 Å². The van der Waals surface area contributed by atoms with Gasteiger partial charge in [-0.2, -0.15) is 0 Å². The average Bonchev–Trinajstić information content (AvgIpc) is 2.79. The van der Waals surface area contributed by atoms with E-state index in [9.17, 15) is 4.79 Å². The molecule has 6 heteroatoms. The van der Waals surface area contributed by atoms with E-state index in [1.54, 1.807) is 0 Å². The van der Waals surface area contributed by atoms with Crippen molar-refractivity contribution in [1.29, 1.82) is 0 Å². The Morgan fingerprint density at radius 1 is 1.10 bits per heavy atom. The Hall–Kier alpha value is -1.79. The predicted octanol–water partition coefficient (Wildman–Crippen LogP) is 4.08. The van der Waals surface area contributed by atoms with E-state index >= 15 is 0 Å². The fraction of sp³-hybridized carbons (Fsp3) is 0.708. The second-order valence-electron chi connectivity index (χ2n) is 9.06. The lowest BCUT2D eigenvalue weighted by Crippen LogP contribution is -2.65.